The van der Waals surface area contributed by atoms with Gasteiger partial charge in [-0.1, -0.05) is 65.0 Å². The molecule has 5 atom stereocenters. The standard InChI is InChI=1S/C35H37N5O8/c1-16(2)24-31-40-25(30-37-22(15-46-30)32(44)45-6)27(48-31)35-18-9-7-8-10-20(18)38-33(35)47-23-12-11-17(13-19(23)35)14-21(28(42)39-24)36-29(43)26(41)34(3,4)5/h7-13,15-16,21,24,26,33,38,41H,14H2,1-6H3,(H,36,43)(H,39,42)/t21-,24-,26+,33?,35?/m0/s1. The lowest BCUT2D eigenvalue weighted by Gasteiger charge is -2.30. The Hall–Kier alpha value is -5.17. The number of aromatic nitrogens is 2. The number of carbonyl (C=O) groups excluding carboxylic acids is 3. The van der Waals surface area contributed by atoms with E-state index in [2.05, 4.69) is 20.9 Å². The fourth-order valence-corrected chi connectivity index (χ4v) is 6.67. The monoisotopic (exact) mass is 655 g/mol. The minimum Gasteiger partial charge on any atom is -0.469 e. The number of nitrogens with zero attached hydrogens (tertiary/aromatic N) is 2. The van der Waals surface area contributed by atoms with Gasteiger partial charge >= 0.3 is 5.97 Å². The lowest BCUT2D eigenvalue weighted by atomic mass is 9.72. The third-order valence-corrected chi connectivity index (χ3v) is 9.22. The number of nitrogens with one attached hydrogen (secondary N) is 3. The number of oxazole rings is 2. The molecule has 48 heavy (non-hydrogen) atoms. The summed E-state index contributed by atoms with van der Waals surface area (Å²) >= 11 is 0. The number of rotatable bonds is 5. The van der Waals surface area contributed by atoms with Crippen LogP contribution in [0.25, 0.3) is 11.6 Å². The van der Waals surface area contributed by atoms with Crippen molar-refractivity contribution in [1.29, 1.82) is 0 Å². The van der Waals surface area contributed by atoms with Crippen LogP contribution in [0.4, 0.5) is 5.69 Å². The molecule has 4 N–H and O–H groups in total. The Labute approximate surface area is 276 Å². The summed E-state index contributed by atoms with van der Waals surface area (Å²) in [5.74, 6) is -0.908. The van der Waals surface area contributed by atoms with Gasteiger partial charge in [-0.25, -0.2) is 14.8 Å². The van der Waals surface area contributed by atoms with E-state index in [0.29, 0.717) is 11.5 Å². The van der Waals surface area contributed by atoms with Crippen LogP contribution in [-0.2, 0) is 26.2 Å². The summed E-state index contributed by atoms with van der Waals surface area (Å²) in [6, 6.07) is 11.6. The molecule has 0 saturated carbocycles. The molecule has 0 saturated heterocycles. The molecule has 3 aliphatic rings. The zero-order chi connectivity index (χ0) is 34.1. The van der Waals surface area contributed by atoms with E-state index in [-0.39, 0.29) is 35.5 Å². The molecule has 2 aromatic carbocycles. The zero-order valence-corrected chi connectivity index (χ0v) is 27.4. The number of fused-ring (bicyclic) bond motifs is 4. The quantitative estimate of drug-likeness (QED) is 0.230. The maximum Gasteiger partial charge on any atom is 0.360 e. The van der Waals surface area contributed by atoms with E-state index in [1.807, 2.05) is 56.3 Å². The number of carbonyl (C=O) groups is 3. The van der Waals surface area contributed by atoms with E-state index in [4.69, 9.17) is 23.3 Å². The van der Waals surface area contributed by atoms with Gasteiger partial charge in [0, 0.05) is 17.7 Å². The van der Waals surface area contributed by atoms with Crippen LogP contribution in [-0.4, -0.2) is 58.3 Å². The Morgan fingerprint density at radius 2 is 1.88 bits per heavy atom. The van der Waals surface area contributed by atoms with Gasteiger partial charge in [-0.05, 0) is 34.6 Å². The molecule has 250 valence electrons. The molecular weight excluding hydrogens is 618 g/mol. The second-order valence-corrected chi connectivity index (χ2v) is 13.8. The number of methoxy groups -OCH3 is 1. The van der Waals surface area contributed by atoms with Crippen LogP contribution >= 0.6 is 0 Å². The predicted molar refractivity (Wildman–Crippen MR) is 171 cm³/mol. The summed E-state index contributed by atoms with van der Waals surface area (Å²) in [4.78, 5) is 48.9. The van der Waals surface area contributed by atoms with Crippen molar-refractivity contribution in [2.24, 2.45) is 11.3 Å². The lowest BCUT2D eigenvalue weighted by Crippen LogP contribution is -2.53. The van der Waals surface area contributed by atoms with Crippen molar-refractivity contribution >= 4 is 23.5 Å². The second-order valence-electron chi connectivity index (χ2n) is 13.8. The molecule has 0 fully saturated rings. The van der Waals surface area contributed by atoms with Crippen molar-refractivity contribution in [2.45, 2.75) is 70.9 Å². The van der Waals surface area contributed by atoms with E-state index >= 15 is 0 Å². The smallest absolute Gasteiger partial charge is 0.360 e. The van der Waals surface area contributed by atoms with Crippen molar-refractivity contribution in [2.75, 3.05) is 12.4 Å². The molecule has 13 nitrogen and oxygen atoms in total. The van der Waals surface area contributed by atoms with Gasteiger partial charge in [-0.15, -0.1) is 0 Å². The number of benzene rings is 2. The van der Waals surface area contributed by atoms with Crippen LogP contribution in [0.1, 0.15) is 79.5 Å². The highest BCUT2D eigenvalue weighted by Crippen LogP contribution is 2.59. The average Bonchev–Trinajstić information content (AvgIpc) is 3.82. The van der Waals surface area contributed by atoms with Crippen molar-refractivity contribution in [3.8, 4) is 17.3 Å². The fourth-order valence-electron chi connectivity index (χ4n) is 6.67. The molecule has 4 bridgehead atoms. The van der Waals surface area contributed by atoms with Gasteiger partial charge in [0.1, 0.15) is 35.6 Å². The highest BCUT2D eigenvalue weighted by Gasteiger charge is 2.61. The molecule has 1 spiro atoms. The Morgan fingerprint density at radius 3 is 2.60 bits per heavy atom. The van der Waals surface area contributed by atoms with Crippen LogP contribution in [0.5, 0.6) is 5.75 Å². The number of para-hydroxylation sites is 1. The first kappa shape index (κ1) is 31.4. The molecule has 2 amide bonds. The number of aliphatic hydroxyl groups excluding tert-OH is 1. The molecule has 3 aliphatic heterocycles. The number of aliphatic hydroxyl groups is 1. The molecule has 0 aliphatic carbocycles. The summed E-state index contributed by atoms with van der Waals surface area (Å²) in [6.07, 6.45) is -0.688. The molecule has 13 heteroatoms. The molecule has 4 aromatic rings. The normalized spacial score (nSPS) is 23.1. The minimum absolute atomic E-state index is 0.0209. The van der Waals surface area contributed by atoms with Crippen LogP contribution in [0.15, 0.2) is 57.6 Å². The topological polar surface area (TPSA) is 178 Å². The molecular formula is C35H37N5O8. The van der Waals surface area contributed by atoms with Crippen LogP contribution in [0.3, 0.4) is 0 Å². The van der Waals surface area contributed by atoms with E-state index in [0.717, 1.165) is 22.4 Å². The molecule has 0 radical (unpaired) electrons. The number of amides is 2. The number of esters is 1. The Balaban J connectivity index is 1.47. The zero-order valence-electron chi connectivity index (χ0n) is 27.4. The van der Waals surface area contributed by atoms with Crippen molar-refractivity contribution in [3.05, 3.63) is 82.8 Å². The van der Waals surface area contributed by atoms with Crippen LogP contribution in [0.2, 0.25) is 0 Å². The molecule has 2 aromatic heterocycles. The van der Waals surface area contributed by atoms with E-state index in [9.17, 15) is 19.5 Å². The van der Waals surface area contributed by atoms with Gasteiger partial charge in [0.25, 0.3) is 0 Å². The summed E-state index contributed by atoms with van der Waals surface area (Å²) < 4.78 is 24.0. The Kier molecular flexibility index (Phi) is 7.35. The van der Waals surface area contributed by atoms with Crippen LogP contribution in [0, 0.1) is 11.3 Å². The fraction of sp³-hybridized carbons (Fsp3) is 0.400. The molecule has 5 heterocycles. The van der Waals surface area contributed by atoms with E-state index in [1.165, 1.54) is 13.4 Å². The van der Waals surface area contributed by atoms with Gasteiger partial charge in [0.05, 0.1) is 7.11 Å². The minimum atomic E-state index is -1.35. The van der Waals surface area contributed by atoms with Crippen molar-refractivity contribution in [1.82, 2.24) is 20.6 Å². The van der Waals surface area contributed by atoms with E-state index < -0.39 is 53.0 Å². The summed E-state index contributed by atoms with van der Waals surface area (Å²) in [6.45, 7) is 9.05. The number of anilines is 1. The summed E-state index contributed by atoms with van der Waals surface area (Å²) in [5.41, 5.74) is 1.49. The SMILES string of the molecule is COC(=O)c1coc(-c2nc3oc2C24c5ccccc5NC2Oc2ccc(cc24)C[C@H](NC(=O)[C@@H](O)C(C)(C)C)C(=O)N[C@H]3C(C)C)n1. The number of ether oxygens (including phenoxy) is 2. The van der Waals surface area contributed by atoms with Gasteiger partial charge in [0.2, 0.25) is 23.6 Å². The number of hydrogen-bond donors (Lipinski definition) is 4. The maximum atomic E-state index is 14.0. The third kappa shape index (κ3) is 4.83. The third-order valence-electron chi connectivity index (χ3n) is 9.22. The molecule has 2 unspecified atom stereocenters. The first-order valence-electron chi connectivity index (χ1n) is 15.8. The van der Waals surface area contributed by atoms with E-state index in [1.54, 1.807) is 20.8 Å². The Bertz CT molecular complexity index is 1940. The lowest BCUT2D eigenvalue weighted by molar-refractivity contribution is -0.138. The maximum absolute atomic E-state index is 14.0. The van der Waals surface area contributed by atoms with Crippen molar-refractivity contribution in [3.63, 3.8) is 0 Å². The largest absolute Gasteiger partial charge is 0.469 e. The first-order valence-corrected chi connectivity index (χ1v) is 15.8. The Morgan fingerprint density at radius 1 is 1.10 bits per heavy atom. The predicted octanol–water partition coefficient (Wildman–Crippen LogP) is 3.86. The second kappa shape index (κ2) is 11.2. The highest BCUT2D eigenvalue weighted by molar-refractivity contribution is 5.90. The number of hydrogen-bond acceptors (Lipinski definition) is 11. The highest BCUT2D eigenvalue weighted by atomic mass is 16.5. The summed E-state index contributed by atoms with van der Waals surface area (Å²) in [5, 5.41) is 20.1. The first-order chi connectivity index (χ1) is 22.8. The van der Waals surface area contributed by atoms with Crippen LogP contribution < -0.4 is 20.7 Å². The van der Waals surface area contributed by atoms with Gasteiger partial charge < -0.3 is 39.4 Å². The van der Waals surface area contributed by atoms with Gasteiger partial charge in [0.15, 0.2) is 23.4 Å². The van der Waals surface area contributed by atoms with Gasteiger partial charge in [-0.2, -0.15) is 0 Å². The van der Waals surface area contributed by atoms with Gasteiger partial charge in [-0.3, -0.25) is 9.59 Å². The molecule has 7 rings (SSSR count). The van der Waals surface area contributed by atoms with Crippen molar-refractivity contribution < 1.29 is 37.8 Å². The average molecular weight is 656 g/mol. The summed E-state index contributed by atoms with van der Waals surface area (Å²) in [7, 11) is 1.25.